The molecule has 1 N–H and O–H groups in total. The molecular formula is C23H24N4O2. The number of benzene rings is 1. The average Bonchev–Trinajstić information content (AvgIpc) is 2.79. The van der Waals surface area contributed by atoms with E-state index in [-0.39, 0.29) is 5.54 Å². The van der Waals surface area contributed by atoms with Gasteiger partial charge in [0.1, 0.15) is 12.1 Å². The molecule has 2 aromatic heterocycles. The molecule has 1 unspecified atom stereocenters. The van der Waals surface area contributed by atoms with E-state index in [1.165, 1.54) is 0 Å². The SMILES string of the molecule is CCC1(Nc2ncnc3ccc(-c4cnc(OC)c(OC)c4)cc23)C=CC=CC1. The number of methoxy groups -OCH3 is 2. The lowest BCUT2D eigenvalue weighted by Crippen LogP contribution is -2.36. The third-order valence-corrected chi connectivity index (χ3v) is 5.34. The van der Waals surface area contributed by atoms with Gasteiger partial charge < -0.3 is 14.8 Å². The molecule has 0 fully saturated rings. The Bertz CT molecular complexity index is 1090. The van der Waals surface area contributed by atoms with Crippen molar-refractivity contribution < 1.29 is 9.47 Å². The van der Waals surface area contributed by atoms with Gasteiger partial charge in [-0.05, 0) is 36.6 Å². The maximum absolute atomic E-state index is 5.40. The van der Waals surface area contributed by atoms with Gasteiger partial charge in [0.05, 0.1) is 25.3 Å². The number of nitrogens with zero attached hydrogens (tertiary/aromatic N) is 3. The van der Waals surface area contributed by atoms with E-state index in [4.69, 9.17) is 9.47 Å². The van der Waals surface area contributed by atoms with Crippen LogP contribution in [0.4, 0.5) is 5.82 Å². The number of allylic oxidation sites excluding steroid dienone is 2. The molecule has 0 saturated carbocycles. The molecule has 0 bridgehead atoms. The summed E-state index contributed by atoms with van der Waals surface area (Å²) in [6.07, 6.45) is 13.8. The molecule has 0 saturated heterocycles. The fourth-order valence-corrected chi connectivity index (χ4v) is 3.57. The van der Waals surface area contributed by atoms with Crippen molar-refractivity contribution >= 4 is 16.7 Å². The Morgan fingerprint density at radius 1 is 1.03 bits per heavy atom. The molecule has 3 aromatic rings. The minimum atomic E-state index is -0.142. The van der Waals surface area contributed by atoms with Gasteiger partial charge in [0.25, 0.3) is 5.88 Å². The molecule has 4 rings (SSSR count). The lowest BCUT2D eigenvalue weighted by atomic mass is 9.88. The largest absolute Gasteiger partial charge is 0.491 e. The van der Waals surface area contributed by atoms with E-state index in [0.29, 0.717) is 11.6 Å². The Balaban J connectivity index is 1.77. The van der Waals surface area contributed by atoms with Crippen LogP contribution in [0.1, 0.15) is 19.8 Å². The number of fused-ring (bicyclic) bond motifs is 1. The summed E-state index contributed by atoms with van der Waals surface area (Å²) in [5.74, 6) is 1.88. The third kappa shape index (κ3) is 3.66. The highest BCUT2D eigenvalue weighted by atomic mass is 16.5. The predicted octanol–water partition coefficient (Wildman–Crippen LogP) is 4.79. The van der Waals surface area contributed by atoms with E-state index in [1.54, 1.807) is 26.7 Å². The van der Waals surface area contributed by atoms with Gasteiger partial charge in [0.2, 0.25) is 0 Å². The van der Waals surface area contributed by atoms with Crippen molar-refractivity contribution in [2.45, 2.75) is 25.3 Å². The van der Waals surface area contributed by atoms with Gasteiger partial charge in [-0.15, -0.1) is 0 Å². The second-order valence-corrected chi connectivity index (χ2v) is 7.02. The molecule has 1 aromatic carbocycles. The molecule has 29 heavy (non-hydrogen) atoms. The summed E-state index contributed by atoms with van der Waals surface area (Å²) in [5, 5.41) is 4.63. The van der Waals surface area contributed by atoms with E-state index in [2.05, 4.69) is 57.6 Å². The molecule has 6 heteroatoms. The Hall–Kier alpha value is -3.41. The van der Waals surface area contributed by atoms with Gasteiger partial charge in [-0.3, -0.25) is 0 Å². The molecule has 2 heterocycles. The predicted molar refractivity (Wildman–Crippen MR) is 115 cm³/mol. The fourth-order valence-electron chi connectivity index (χ4n) is 3.57. The third-order valence-electron chi connectivity index (χ3n) is 5.34. The highest BCUT2D eigenvalue weighted by molar-refractivity contribution is 5.92. The molecular weight excluding hydrogens is 364 g/mol. The van der Waals surface area contributed by atoms with E-state index >= 15 is 0 Å². The summed E-state index contributed by atoms with van der Waals surface area (Å²) in [7, 11) is 3.18. The summed E-state index contributed by atoms with van der Waals surface area (Å²) >= 11 is 0. The maximum atomic E-state index is 5.40. The highest BCUT2D eigenvalue weighted by Gasteiger charge is 2.26. The number of nitrogens with one attached hydrogen (secondary N) is 1. The highest BCUT2D eigenvalue weighted by Crippen LogP contribution is 2.34. The zero-order valence-corrected chi connectivity index (χ0v) is 16.8. The van der Waals surface area contributed by atoms with Gasteiger partial charge in [0.15, 0.2) is 5.75 Å². The molecule has 1 atom stereocenters. The first-order chi connectivity index (χ1) is 14.2. The molecule has 0 spiro atoms. The van der Waals surface area contributed by atoms with Gasteiger partial charge in [-0.2, -0.15) is 0 Å². The number of anilines is 1. The van der Waals surface area contributed by atoms with Gasteiger partial charge in [-0.1, -0.05) is 37.3 Å². The summed E-state index contributed by atoms with van der Waals surface area (Å²) in [6.45, 7) is 2.18. The van der Waals surface area contributed by atoms with E-state index in [0.717, 1.165) is 40.7 Å². The first kappa shape index (κ1) is 18.9. The number of rotatable bonds is 6. The molecule has 6 nitrogen and oxygen atoms in total. The number of hydrogen-bond donors (Lipinski definition) is 1. The van der Waals surface area contributed by atoms with Crippen molar-refractivity contribution in [1.82, 2.24) is 15.0 Å². The smallest absolute Gasteiger partial charge is 0.256 e. The normalized spacial score (nSPS) is 18.0. The van der Waals surface area contributed by atoms with Crippen LogP contribution < -0.4 is 14.8 Å². The van der Waals surface area contributed by atoms with Crippen LogP contribution in [-0.4, -0.2) is 34.7 Å². The number of pyridine rings is 1. The number of hydrogen-bond acceptors (Lipinski definition) is 6. The van der Waals surface area contributed by atoms with E-state index in [1.807, 2.05) is 18.2 Å². The number of aromatic nitrogens is 3. The van der Waals surface area contributed by atoms with Crippen LogP contribution in [0.5, 0.6) is 11.6 Å². The molecule has 0 radical (unpaired) electrons. The van der Waals surface area contributed by atoms with Crippen LogP contribution in [0, 0.1) is 0 Å². The maximum Gasteiger partial charge on any atom is 0.256 e. The quantitative estimate of drug-likeness (QED) is 0.655. The first-order valence-corrected chi connectivity index (χ1v) is 9.64. The lowest BCUT2D eigenvalue weighted by molar-refractivity contribution is 0.343. The van der Waals surface area contributed by atoms with E-state index in [9.17, 15) is 0 Å². The summed E-state index contributed by atoms with van der Waals surface area (Å²) < 4.78 is 10.6. The van der Waals surface area contributed by atoms with Crippen molar-refractivity contribution in [3.63, 3.8) is 0 Å². The van der Waals surface area contributed by atoms with Crippen LogP contribution in [-0.2, 0) is 0 Å². The van der Waals surface area contributed by atoms with Crippen molar-refractivity contribution in [1.29, 1.82) is 0 Å². The zero-order valence-electron chi connectivity index (χ0n) is 16.8. The Morgan fingerprint density at radius 2 is 1.93 bits per heavy atom. The average molecular weight is 388 g/mol. The molecule has 0 aliphatic heterocycles. The molecule has 148 valence electrons. The van der Waals surface area contributed by atoms with Crippen molar-refractivity contribution in [3.8, 4) is 22.8 Å². The van der Waals surface area contributed by atoms with Gasteiger partial charge in [0, 0.05) is 17.1 Å². The van der Waals surface area contributed by atoms with Gasteiger partial charge in [-0.25, -0.2) is 15.0 Å². The number of ether oxygens (including phenoxy) is 2. The van der Waals surface area contributed by atoms with Crippen molar-refractivity contribution in [2.24, 2.45) is 0 Å². The minimum Gasteiger partial charge on any atom is -0.491 e. The van der Waals surface area contributed by atoms with Crippen LogP contribution in [0.15, 0.2) is 61.1 Å². The topological polar surface area (TPSA) is 69.2 Å². The summed E-state index contributed by atoms with van der Waals surface area (Å²) in [5.41, 5.74) is 2.69. The monoisotopic (exact) mass is 388 g/mol. The summed E-state index contributed by atoms with van der Waals surface area (Å²) in [4.78, 5) is 13.3. The molecule has 0 amide bonds. The Morgan fingerprint density at radius 3 is 2.66 bits per heavy atom. The van der Waals surface area contributed by atoms with Crippen LogP contribution in [0.3, 0.4) is 0 Å². The standard InChI is InChI=1S/C23H24N4O2/c1-4-23(10-6-5-7-11-23)27-21-18-12-16(8-9-19(18)25-15-26-21)17-13-20(28-2)22(29-3)24-14-17/h5-10,12-15H,4,11H2,1-3H3,(H,25,26,27). The van der Waals surface area contributed by atoms with Crippen LogP contribution >= 0.6 is 0 Å². The van der Waals surface area contributed by atoms with Gasteiger partial charge >= 0.3 is 0 Å². The lowest BCUT2D eigenvalue weighted by Gasteiger charge is -2.32. The Labute approximate surface area is 170 Å². The van der Waals surface area contributed by atoms with Crippen molar-refractivity contribution in [2.75, 3.05) is 19.5 Å². The van der Waals surface area contributed by atoms with Crippen LogP contribution in [0.2, 0.25) is 0 Å². The second-order valence-electron chi connectivity index (χ2n) is 7.02. The fraction of sp³-hybridized carbons (Fsp3) is 0.261. The van der Waals surface area contributed by atoms with Crippen molar-refractivity contribution in [3.05, 3.63) is 61.1 Å². The minimum absolute atomic E-state index is 0.142. The zero-order chi connectivity index (χ0) is 20.3. The van der Waals surface area contributed by atoms with E-state index < -0.39 is 0 Å². The first-order valence-electron chi connectivity index (χ1n) is 9.64. The molecule has 1 aliphatic carbocycles. The summed E-state index contributed by atoms with van der Waals surface area (Å²) in [6, 6.07) is 8.04. The Kier molecular flexibility index (Phi) is 5.16. The molecule has 1 aliphatic rings. The van der Waals surface area contributed by atoms with Crippen LogP contribution in [0.25, 0.3) is 22.0 Å². The second kappa shape index (κ2) is 7.91.